The Labute approximate surface area is 120 Å². The topological polar surface area (TPSA) is 73.6 Å². The van der Waals surface area contributed by atoms with Crippen LogP contribution < -0.4 is 20.5 Å². The highest BCUT2D eigenvalue weighted by Gasteiger charge is 2.13. The second kappa shape index (κ2) is 8.43. The largest absolute Gasteiger partial charge is 0.490 e. The van der Waals surface area contributed by atoms with Crippen molar-refractivity contribution in [3.63, 3.8) is 0 Å². The monoisotopic (exact) mass is 280 g/mol. The van der Waals surface area contributed by atoms with Gasteiger partial charge in [-0.2, -0.15) is 0 Å². The lowest BCUT2D eigenvalue weighted by atomic mass is 10.1. The zero-order chi connectivity index (χ0) is 15.0. The molecule has 0 aliphatic rings. The predicted molar refractivity (Wildman–Crippen MR) is 80.3 cm³/mol. The van der Waals surface area contributed by atoms with Crippen molar-refractivity contribution >= 4 is 11.6 Å². The number of amides is 1. The van der Waals surface area contributed by atoms with E-state index in [1.165, 1.54) is 0 Å². The van der Waals surface area contributed by atoms with E-state index in [0.717, 1.165) is 6.42 Å². The molecule has 1 atom stereocenters. The number of carbonyl (C=O) groups is 1. The van der Waals surface area contributed by atoms with E-state index < -0.39 is 6.04 Å². The lowest BCUT2D eigenvalue weighted by Gasteiger charge is -2.14. The van der Waals surface area contributed by atoms with Crippen molar-refractivity contribution in [3.8, 4) is 11.5 Å². The van der Waals surface area contributed by atoms with Crippen molar-refractivity contribution in [1.82, 2.24) is 0 Å². The molecule has 1 aromatic carbocycles. The molecule has 0 unspecified atom stereocenters. The Balaban J connectivity index is 2.80. The van der Waals surface area contributed by atoms with Gasteiger partial charge >= 0.3 is 0 Å². The van der Waals surface area contributed by atoms with Gasteiger partial charge in [0.1, 0.15) is 0 Å². The fourth-order valence-corrected chi connectivity index (χ4v) is 1.81. The molecular formula is C15H24N2O3. The molecule has 20 heavy (non-hydrogen) atoms. The SMILES string of the molecule is CCC[C@@H](N)C(=O)Nc1ccc(OCC)c(OCC)c1. The molecular weight excluding hydrogens is 256 g/mol. The second-order valence-corrected chi connectivity index (χ2v) is 4.41. The summed E-state index contributed by atoms with van der Waals surface area (Å²) in [5.74, 6) is 1.11. The average molecular weight is 280 g/mol. The predicted octanol–water partition coefficient (Wildman–Crippen LogP) is 2.55. The van der Waals surface area contributed by atoms with Crippen LogP contribution in [-0.4, -0.2) is 25.2 Å². The number of benzene rings is 1. The molecule has 1 rings (SSSR count). The number of carbonyl (C=O) groups excluding carboxylic acids is 1. The zero-order valence-electron chi connectivity index (χ0n) is 12.4. The molecule has 0 saturated heterocycles. The minimum absolute atomic E-state index is 0.182. The minimum atomic E-state index is -0.484. The van der Waals surface area contributed by atoms with Crippen LogP contribution in [0.4, 0.5) is 5.69 Å². The van der Waals surface area contributed by atoms with E-state index in [9.17, 15) is 4.79 Å². The van der Waals surface area contributed by atoms with Gasteiger partial charge in [0.2, 0.25) is 5.91 Å². The Hall–Kier alpha value is -1.75. The van der Waals surface area contributed by atoms with Gasteiger partial charge in [-0.1, -0.05) is 13.3 Å². The zero-order valence-corrected chi connectivity index (χ0v) is 12.4. The van der Waals surface area contributed by atoms with Crippen LogP contribution >= 0.6 is 0 Å². The molecule has 112 valence electrons. The van der Waals surface area contributed by atoms with Gasteiger partial charge in [0.25, 0.3) is 0 Å². The first kappa shape index (κ1) is 16.3. The molecule has 0 radical (unpaired) electrons. The van der Waals surface area contributed by atoms with Gasteiger partial charge in [-0.15, -0.1) is 0 Å². The molecule has 3 N–H and O–H groups in total. The molecule has 1 amide bonds. The normalized spacial score (nSPS) is 11.8. The fourth-order valence-electron chi connectivity index (χ4n) is 1.81. The Bertz CT molecular complexity index is 435. The Morgan fingerprint density at radius 1 is 1.20 bits per heavy atom. The van der Waals surface area contributed by atoms with Crippen LogP contribution in [0.2, 0.25) is 0 Å². The third-order valence-corrected chi connectivity index (χ3v) is 2.75. The molecule has 0 bridgehead atoms. The molecule has 5 heteroatoms. The summed E-state index contributed by atoms with van der Waals surface area (Å²) < 4.78 is 11.0. The summed E-state index contributed by atoms with van der Waals surface area (Å²) >= 11 is 0. The van der Waals surface area contributed by atoms with E-state index in [1.807, 2.05) is 20.8 Å². The summed E-state index contributed by atoms with van der Waals surface area (Å²) in [7, 11) is 0. The highest BCUT2D eigenvalue weighted by Crippen LogP contribution is 2.30. The summed E-state index contributed by atoms with van der Waals surface area (Å²) in [6.45, 7) is 6.91. The van der Waals surface area contributed by atoms with Crippen LogP contribution in [0, 0.1) is 0 Å². The lowest BCUT2D eigenvalue weighted by Crippen LogP contribution is -2.35. The standard InChI is InChI=1S/C15H24N2O3/c1-4-7-12(16)15(18)17-11-8-9-13(19-5-2)14(10-11)20-6-3/h8-10,12H,4-7,16H2,1-3H3,(H,17,18)/t12-/m1/s1. The Morgan fingerprint density at radius 3 is 2.45 bits per heavy atom. The molecule has 0 heterocycles. The Morgan fingerprint density at radius 2 is 1.85 bits per heavy atom. The van der Waals surface area contributed by atoms with E-state index in [0.29, 0.717) is 36.8 Å². The maximum absolute atomic E-state index is 11.9. The third-order valence-electron chi connectivity index (χ3n) is 2.75. The fraction of sp³-hybridized carbons (Fsp3) is 0.533. The van der Waals surface area contributed by atoms with E-state index in [-0.39, 0.29) is 5.91 Å². The van der Waals surface area contributed by atoms with E-state index in [2.05, 4.69) is 5.32 Å². The first-order valence-corrected chi connectivity index (χ1v) is 7.08. The summed E-state index contributed by atoms with van der Waals surface area (Å²) in [6.07, 6.45) is 1.54. The number of nitrogens with one attached hydrogen (secondary N) is 1. The molecule has 0 spiro atoms. The van der Waals surface area contributed by atoms with Crippen molar-refractivity contribution in [3.05, 3.63) is 18.2 Å². The van der Waals surface area contributed by atoms with Gasteiger partial charge in [0.15, 0.2) is 11.5 Å². The van der Waals surface area contributed by atoms with Crippen molar-refractivity contribution in [2.24, 2.45) is 5.73 Å². The number of nitrogens with two attached hydrogens (primary N) is 1. The maximum Gasteiger partial charge on any atom is 0.241 e. The summed E-state index contributed by atoms with van der Waals surface area (Å²) in [5.41, 5.74) is 6.44. The highest BCUT2D eigenvalue weighted by molar-refractivity contribution is 5.94. The van der Waals surface area contributed by atoms with Gasteiger partial charge in [-0.05, 0) is 32.4 Å². The Kier molecular flexibility index (Phi) is 6.87. The first-order chi connectivity index (χ1) is 9.62. The van der Waals surface area contributed by atoms with Crippen molar-refractivity contribution < 1.29 is 14.3 Å². The van der Waals surface area contributed by atoms with E-state index in [1.54, 1.807) is 18.2 Å². The summed E-state index contributed by atoms with van der Waals surface area (Å²) in [5, 5.41) is 2.80. The minimum Gasteiger partial charge on any atom is -0.490 e. The molecule has 5 nitrogen and oxygen atoms in total. The molecule has 0 fully saturated rings. The average Bonchev–Trinajstić information content (AvgIpc) is 2.42. The van der Waals surface area contributed by atoms with Crippen LogP contribution in [0.3, 0.4) is 0 Å². The summed E-state index contributed by atoms with van der Waals surface area (Å²) in [6, 6.07) is 4.84. The second-order valence-electron chi connectivity index (χ2n) is 4.41. The van der Waals surface area contributed by atoms with Crippen molar-refractivity contribution in [1.29, 1.82) is 0 Å². The summed E-state index contributed by atoms with van der Waals surface area (Å²) in [4.78, 5) is 11.9. The van der Waals surface area contributed by atoms with Crippen molar-refractivity contribution in [2.45, 2.75) is 39.7 Å². The van der Waals surface area contributed by atoms with Crippen LogP contribution in [0.5, 0.6) is 11.5 Å². The number of ether oxygens (including phenoxy) is 2. The van der Waals surface area contributed by atoms with E-state index >= 15 is 0 Å². The number of anilines is 1. The molecule has 0 aliphatic carbocycles. The van der Waals surface area contributed by atoms with Gasteiger partial charge < -0.3 is 20.5 Å². The van der Waals surface area contributed by atoms with Crippen LogP contribution in [-0.2, 0) is 4.79 Å². The van der Waals surface area contributed by atoms with Gasteiger partial charge in [0, 0.05) is 11.8 Å². The van der Waals surface area contributed by atoms with Crippen LogP contribution in [0.25, 0.3) is 0 Å². The molecule has 1 aromatic rings. The quantitative estimate of drug-likeness (QED) is 0.767. The number of rotatable bonds is 8. The molecule has 0 aromatic heterocycles. The van der Waals surface area contributed by atoms with Gasteiger partial charge in [-0.25, -0.2) is 0 Å². The van der Waals surface area contributed by atoms with Crippen LogP contribution in [0.1, 0.15) is 33.6 Å². The van der Waals surface area contributed by atoms with Gasteiger partial charge in [-0.3, -0.25) is 4.79 Å². The number of hydrogen-bond donors (Lipinski definition) is 2. The smallest absolute Gasteiger partial charge is 0.241 e. The third kappa shape index (κ3) is 4.74. The first-order valence-electron chi connectivity index (χ1n) is 7.08. The van der Waals surface area contributed by atoms with E-state index in [4.69, 9.17) is 15.2 Å². The maximum atomic E-state index is 11.9. The molecule has 0 saturated carbocycles. The van der Waals surface area contributed by atoms with Gasteiger partial charge in [0.05, 0.1) is 19.3 Å². The van der Waals surface area contributed by atoms with Crippen molar-refractivity contribution in [2.75, 3.05) is 18.5 Å². The molecule has 0 aliphatic heterocycles. The highest BCUT2D eigenvalue weighted by atomic mass is 16.5. The lowest BCUT2D eigenvalue weighted by molar-refractivity contribution is -0.117. The van der Waals surface area contributed by atoms with Crippen LogP contribution in [0.15, 0.2) is 18.2 Å². The number of hydrogen-bond acceptors (Lipinski definition) is 4.